The maximum Gasteiger partial charge on any atom is 0.341 e. The number of fused-ring (bicyclic) bond motifs is 1. The van der Waals surface area contributed by atoms with Crippen molar-refractivity contribution in [3.8, 4) is 0 Å². The van der Waals surface area contributed by atoms with Gasteiger partial charge in [-0.3, -0.25) is 9.67 Å². The van der Waals surface area contributed by atoms with Gasteiger partial charge in [0.25, 0.3) is 0 Å². The van der Waals surface area contributed by atoms with E-state index in [1.165, 1.54) is 0 Å². The molecule has 1 saturated heterocycles. The number of para-hydroxylation sites is 1. The Kier molecular flexibility index (Phi) is 5.25. The van der Waals surface area contributed by atoms with Gasteiger partial charge in [-0.05, 0) is 25.5 Å². The van der Waals surface area contributed by atoms with E-state index < -0.39 is 0 Å². The van der Waals surface area contributed by atoms with Crippen molar-refractivity contribution in [3.63, 3.8) is 0 Å². The van der Waals surface area contributed by atoms with Gasteiger partial charge in [0.15, 0.2) is 0 Å². The van der Waals surface area contributed by atoms with E-state index in [4.69, 9.17) is 9.47 Å². The summed E-state index contributed by atoms with van der Waals surface area (Å²) in [5.41, 5.74) is 3.35. The number of hydrogen-bond acceptors (Lipinski definition) is 6. The topological polar surface area (TPSA) is 69.5 Å². The molecule has 0 spiro atoms. The van der Waals surface area contributed by atoms with Crippen LogP contribution in [-0.2, 0) is 16.0 Å². The number of anilines is 1. The van der Waals surface area contributed by atoms with Crippen LogP contribution in [0.1, 0.15) is 22.8 Å². The fourth-order valence-electron chi connectivity index (χ4n) is 3.63. The number of carbonyl (C=O) groups is 1. The van der Waals surface area contributed by atoms with Crippen molar-refractivity contribution in [3.05, 3.63) is 54.0 Å². The van der Waals surface area contributed by atoms with Crippen LogP contribution in [0.5, 0.6) is 0 Å². The molecule has 0 N–H and O–H groups in total. The molecule has 0 aliphatic carbocycles. The second-order valence-electron chi connectivity index (χ2n) is 6.94. The van der Waals surface area contributed by atoms with Crippen LogP contribution < -0.4 is 4.90 Å². The molecule has 7 nitrogen and oxygen atoms in total. The summed E-state index contributed by atoms with van der Waals surface area (Å²) in [4.78, 5) is 19.3. The first-order chi connectivity index (χ1) is 13.7. The van der Waals surface area contributed by atoms with E-state index in [0.29, 0.717) is 38.4 Å². The molecular formula is C21H24N4O3. The molecule has 1 aromatic carbocycles. The van der Waals surface area contributed by atoms with E-state index >= 15 is 0 Å². The van der Waals surface area contributed by atoms with Crippen molar-refractivity contribution >= 4 is 22.6 Å². The Morgan fingerprint density at radius 2 is 2.18 bits per heavy atom. The van der Waals surface area contributed by atoms with Crippen molar-refractivity contribution in [2.75, 3.05) is 31.2 Å². The first kappa shape index (κ1) is 18.4. The van der Waals surface area contributed by atoms with Crippen molar-refractivity contribution in [2.45, 2.75) is 26.5 Å². The summed E-state index contributed by atoms with van der Waals surface area (Å²) >= 11 is 0. The monoisotopic (exact) mass is 380 g/mol. The van der Waals surface area contributed by atoms with Gasteiger partial charge in [0.2, 0.25) is 0 Å². The molecule has 7 heteroatoms. The first-order valence-corrected chi connectivity index (χ1v) is 9.56. The van der Waals surface area contributed by atoms with Crippen LogP contribution in [0.4, 0.5) is 5.69 Å². The SMILES string of the molecule is CCOC(=O)c1cnc2ccccc2c1N1CCOC(Cn2cc(C)cn2)C1. The highest BCUT2D eigenvalue weighted by Gasteiger charge is 2.27. The van der Waals surface area contributed by atoms with Crippen molar-refractivity contribution in [1.29, 1.82) is 0 Å². The molecule has 146 valence electrons. The lowest BCUT2D eigenvalue weighted by molar-refractivity contribution is 0.0272. The Bertz CT molecular complexity index is 985. The zero-order chi connectivity index (χ0) is 19.5. The number of pyridine rings is 1. The fraction of sp³-hybridized carbons (Fsp3) is 0.381. The normalized spacial score (nSPS) is 17.1. The summed E-state index contributed by atoms with van der Waals surface area (Å²) in [6.45, 7) is 6.78. The molecule has 28 heavy (non-hydrogen) atoms. The number of benzene rings is 1. The van der Waals surface area contributed by atoms with Gasteiger partial charge < -0.3 is 14.4 Å². The third kappa shape index (κ3) is 3.71. The predicted octanol–water partition coefficient (Wildman–Crippen LogP) is 2.82. The van der Waals surface area contributed by atoms with E-state index in [-0.39, 0.29) is 12.1 Å². The summed E-state index contributed by atoms with van der Waals surface area (Å²) < 4.78 is 13.2. The van der Waals surface area contributed by atoms with Crippen molar-refractivity contribution < 1.29 is 14.3 Å². The number of carbonyl (C=O) groups excluding carboxylic acids is 1. The Morgan fingerprint density at radius 1 is 1.32 bits per heavy atom. The summed E-state index contributed by atoms with van der Waals surface area (Å²) in [7, 11) is 0. The van der Waals surface area contributed by atoms with Crippen LogP contribution >= 0.6 is 0 Å². The summed E-state index contributed by atoms with van der Waals surface area (Å²) in [5, 5.41) is 5.31. The van der Waals surface area contributed by atoms with Gasteiger partial charge in [0.1, 0.15) is 5.56 Å². The molecule has 4 rings (SSSR count). The zero-order valence-electron chi connectivity index (χ0n) is 16.2. The third-order valence-corrected chi connectivity index (χ3v) is 4.85. The molecule has 3 aromatic rings. The Morgan fingerprint density at radius 3 is 2.96 bits per heavy atom. The summed E-state index contributed by atoms with van der Waals surface area (Å²) in [5.74, 6) is -0.346. The number of ether oxygens (including phenoxy) is 2. The Hall–Kier alpha value is -2.93. The smallest absolute Gasteiger partial charge is 0.341 e. The average molecular weight is 380 g/mol. The van der Waals surface area contributed by atoms with Crippen molar-refractivity contribution in [1.82, 2.24) is 14.8 Å². The number of esters is 1. The van der Waals surface area contributed by atoms with Crippen LogP contribution in [-0.4, -0.2) is 53.1 Å². The Labute approximate surface area is 163 Å². The largest absolute Gasteiger partial charge is 0.462 e. The molecule has 1 aliphatic heterocycles. The number of nitrogens with zero attached hydrogens (tertiary/aromatic N) is 4. The maximum absolute atomic E-state index is 12.6. The highest BCUT2D eigenvalue weighted by atomic mass is 16.5. The molecule has 0 bridgehead atoms. The number of rotatable bonds is 5. The number of morpholine rings is 1. The number of aryl methyl sites for hydroxylation is 1. The van der Waals surface area contributed by atoms with Gasteiger partial charge >= 0.3 is 5.97 Å². The lowest BCUT2D eigenvalue weighted by Crippen LogP contribution is -2.45. The van der Waals surface area contributed by atoms with E-state index in [2.05, 4.69) is 15.0 Å². The second kappa shape index (κ2) is 7.98. The van der Waals surface area contributed by atoms with Crippen LogP contribution in [0.25, 0.3) is 10.9 Å². The third-order valence-electron chi connectivity index (χ3n) is 4.85. The van der Waals surface area contributed by atoms with Crippen LogP contribution in [0.3, 0.4) is 0 Å². The van der Waals surface area contributed by atoms with Crippen LogP contribution in [0.2, 0.25) is 0 Å². The minimum Gasteiger partial charge on any atom is -0.462 e. The molecule has 1 fully saturated rings. The molecule has 1 atom stereocenters. The fourth-order valence-corrected chi connectivity index (χ4v) is 3.63. The molecular weight excluding hydrogens is 356 g/mol. The molecule has 3 heterocycles. The molecule has 0 radical (unpaired) electrons. The molecule has 0 saturated carbocycles. The predicted molar refractivity (Wildman–Crippen MR) is 107 cm³/mol. The molecule has 1 aliphatic rings. The lowest BCUT2D eigenvalue weighted by Gasteiger charge is -2.35. The average Bonchev–Trinajstić information content (AvgIpc) is 3.12. The Balaban J connectivity index is 1.68. The highest BCUT2D eigenvalue weighted by molar-refractivity contribution is 6.05. The number of hydrogen-bond donors (Lipinski definition) is 0. The van der Waals surface area contributed by atoms with Crippen molar-refractivity contribution in [2.24, 2.45) is 0 Å². The molecule has 1 unspecified atom stereocenters. The van der Waals surface area contributed by atoms with Gasteiger partial charge in [-0.25, -0.2) is 4.79 Å². The second-order valence-corrected chi connectivity index (χ2v) is 6.94. The van der Waals surface area contributed by atoms with Crippen LogP contribution in [0, 0.1) is 6.92 Å². The van der Waals surface area contributed by atoms with Gasteiger partial charge in [0, 0.05) is 30.9 Å². The molecule has 2 aromatic heterocycles. The quantitative estimate of drug-likeness (QED) is 0.634. The maximum atomic E-state index is 12.6. The van der Waals surface area contributed by atoms with E-state index in [9.17, 15) is 4.79 Å². The van der Waals surface area contributed by atoms with E-state index in [0.717, 1.165) is 22.2 Å². The number of aromatic nitrogens is 3. The standard InChI is InChI=1S/C21H24N4O3/c1-3-27-21(26)18-11-22-19-7-5-4-6-17(19)20(18)24-8-9-28-16(13-24)14-25-12-15(2)10-23-25/h4-7,10-12,16H,3,8-9,13-14H2,1-2H3. The van der Waals surface area contributed by atoms with Gasteiger partial charge in [-0.15, -0.1) is 0 Å². The highest BCUT2D eigenvalue weighted by Crippen LogP contribution is 2.31. The van der Waals surface area contributed by atoms with Gasteiger partial charge in [-0.2, -0.15) is 5.10 Å². The summed E-state index contributed by atoms with van der Waals surface area (Å²) in [6, 6.07) is 7.87. The minimum absolute atomic E-state index is 0.0185. The minimum atomic E-state index is -0.346. The van der Waals surface area contributed by atoms with E-state index in [1.807, 2.05) is 55.2 Å². The van der Waals surface area contributed by atoms with Gasteiger partial charge in [-0.1, -0.05) is 18.2 Å². The van der Waals surface area contributed by atoms with Gasteiger partial charge in [0.05, 0.1) is 43.3 Å². The lowest BCUT2D eigenvalue weighted by atomic mass is 10.1. The molecule has 0 amide bonds. The van der Waals surface area contributed by atoms with E-state index in [1.54, 1.807) is 6.20 Å². The van der Waals surface area contributed by atoms with Crippen LogP contribution in [0.15, 0.2) is 42.9 Å². The zero-order valence-corrected chi connectivity index (χ0v) is 16.2. The summed E-state index contributed by atoms with van der Waals surface area (Å²) in [6.07, 6.45) is 5.45. The first-order valence-electron chi connectivity index (χ1n) is 9.56.